The molecule has 2 unspecified atom stereocenters. The van der Waals surface area contributed by atoms with Crippen molar-refractivity contribution in [2.75, 3.05) is 5.32 Å². The van der Waals surface area contributed by atoms with Crippen molar-refractivity contribution in [3.8, 4) is 0 Å². The number of fused-ring (bicyclic) bond motifs is 1. The fourth-order valence-corrected chi connectivity index (χ4v) is 3.67. The minimum atomic E-state index is -4.15. The molecule has 2 atom stereocenters. The Morgan fingerprint density at radius 3 is 2.46 bits per heavy atom. The first-order valence-electron chi connectivity index (χ1n) is 8.48. The minimum Gasteiger partial charge on any atom is -0.385 e. The van der Waals surface area contributed by atoms with Gasteiger partial charge in [-0.25, -0.2) is 4.98 Å². The third kappa shape index (κ3) is 4.45. The number of nitrogens with two attached hydrogens (primary N) is 2. The number of aromatic nitrogens is 1. The van der Waals surface area contributed by atoms with Gasteiger partial charge in [-0.2, -0.15) is 8.42 Å². The predicted molar refractivity (Wildman–Crippen MR) is 108 cm³/mol. The van der Waals surface area contributed by atoms with Gasteiger partial charge >= 0.3 is 0 Å². The fourth-order valence-electron chi connectivity index (χ4n) is 2.59. The SMILES string of the molecule is Cc1ccc(S(=O)(=O)OC(C(=N)N)C(N)Nc2ccc3ccccc3n2)cc1. The molecule has 0 spiro atoms. The monoisotopic (exact) mass is 399 g/mol. The molecule has 28 heavy (non-hydrogen) atoms. The van der Waals surface area contributed by atoms with Crippen LogP contribution in [0.15, 0.2) is 65.6 Å². The smallest absolute Gasteiger partial charge is 0.297 e. The van der Waals surface area contributed by atoms with E-state index in [2.05, 4.69) is 10.3 Å². The van der Waals surface area contributed by atoms with Gasteiger partial charge in [-0.15, -0.1) is 0 Å². The normalized spacial score (nSPS) is 13.8. The van der Waals surface area contributed by atoms with E-state index in [0.717, 1.165) is 16.5 Å². The number of benzene rings is 2. The molecule has 1 heterocycles. The number of rotatable bonds is 7. The first-order chi connectivity index (χ1) is 13.3. The van der Waals surface area contributed by atoms with Gasteiger partial charge in [0.25, 0.3) is 10.1 Å². The van der Waals surface area contributed by atoms with Gasteiger partial charge in [0.2, 0.25) is 0 Å². The second-order valence-corrected chi connectivity index (χ2v) is 7.87. The lowest BCUT2D eigenvalue weighted by Gasteiger charge is -2.24. The molecule has 3 rings (SSSR count). The van der Waals surface area contributed by atoms with Crippen LogP contribution in [0.3, 0.4) is 0 Å². The van der Waals surface area contributed by atoms with Crippen LogP contribution in [0, 0.1) is 12.3 Å². The Morgan fingerprint density at radius 2 is 1.79 bits per heavy atom. The van der Waals surface area contributed by atoms with Crippen molar-refractivity contribution in [2.45, 2.75) is 24.1 Å². The summed E-state index contributed by atoms with van der Waals surface area (Å²) in [5, 5.41) is 11.5. The molecule has 1 aromatic heterocycles. The maximum atomic E-state index is 12.5. The van der Waals surface area contributed by atoms with Gasteiger partial charge in [0.1, 0.15) is 17.8 Å². The molecule has 0 aliphatic carbocycles. The summed E-state index contributed by atoms with van der Waals surface area (Å²) >= 11 is 0. The number of aryl methyl sites for hydroxylation is 1. The highest BCUT2D eigenvalue weighted by Gasteiger charge is 2.29. The van der Waals surface area contributed by atoms with Crippen molar-refractivity contribution in [3.63, 3.8) is 0 Å². The number of nitrogens with one attached hydrogen (secondary N) is 2. The average molecular weight is 399 g/mol. The van der Waals surface area contributed by atoms with Crippen LogP contribution in [0.4, 0.5) is 5.82 Å². The van der Waals surface area contributed by atoms with E-state index in [1.807, 2.05) is 37.3 Å². The van der Waals surface area contributed by atoms with E-state index < -0.39 is 28.2 Å². The molecule has 0 fully saturated rings. The highest BCUT2D eigenvalue weighted by Crippen LogP contribution is 2.18. The number of nitrogens with zero attached hydrogens (tertiary/aromatic N) is 1. The third-order valence-corrected chi connectivity index (χ3v) is 5.40. The molecule has 2 aromatic carbocycles. The second-order valence-electron chi connectivity index (χ2n) is 6.30. The molecular formula is C19H21N5O3S. The predicted octanol–water partition coefficient (Wildman–Crippen LogP) is 1.95. The van der Waals surface area contributed by atoms with Crippen molar-refractivity contribution < 1.29 is 12.6 Å². The number of hydrogen-bond donors (Lipinski definition) is 4. The van der Waals surface area contributed by atoms with Crippen molar-refractivity contribution >= 4 is 32.7 Å². The van der Waals surface area contributed by atoms with E-state index in [4.69, 9.17) is 21.1 Å². The van der Waals surface area contributed by atoms with Gasteiger partial charge in [0.05, 0.1) is 10.4 Å². The van der Waals surface area contributed by atoms with Gasteiger partial charge in [0, 0.05) is 5.39 Å². The van der Waals surface area contributed by atoms with Crippen LogP contribution < -0.4 is 16.8 Å². The van der Waals surface area contributed by atoms with Crippen LogP contribution >= 0.6 is 0 Å². The van der Waals surface area contributed by atoms with Crippen LogP contribution in [0.5, 0.6) is 0 Å². The van der Waals surface area contributed by atoms with Crippen LogP contribution in [0.25, 0.3) is 10.9 Å². The van der Waals surface area contributed by atoms with Gasteiger partial charge in [0.15, 0.2) is 6.10 Å². The molecule has 3 aromatic rings. The van der Waals surface area contributed by atoms with Gasteiger partial charge in [-0.05, 0) is 37.3 Å². The highest BCUT2D eigenvalue weighted by molar-refractivity contribution is 7.86. The Kier molecular flexibility index (Phi) is 5.59. The van der Waals surface area contributed by atoms with Crippen LogP contribution in [0.2, 0.25) is 0 Å². The molecule has 0 saturated heterocycles. The molecule has 0 aliphatic rings. The molecule has 146 valence electrons. The lowest BCUT2D eigenvalue weighted by Crippen LogP contribution is -2.51. The van der Waals surface area contributed by atoms with E-state index in [9.17, 15) is 8.42 Å². The van der Waals surface area contributed by atoms with E-state index in [0.29, 0.717) is 5.82 Å². The summed E-state index contributed by atoms with van der Waals surface area (Å²) in [5.74, 6) is -0.106. The zero-order chi connectivity index (χ0) is 20.3. The van der Waals surface area contributed by atoms with Crippen molar-refractivity contribution in [3.05, 3.63) is 66.2 Å². The molecule has 9 heteroatoms. The van der Waals surface area contributed by atoms with Crippen molar-refractivity contribution in [1.82, 2.24) is 4.98 Å². The summed E-state index contributed by atoms with van der Waals surface area (Å²) in [5.41, 5.74) is 13.2. The summed E-state index contributed by atoms with van der Waals surface area (Å²) in [6, 6.07) is 17.2. The Morgan fingerprint density at radius 1 is 1.11 bits per heavy atom. The number of hydrogen-bond acceptors (Lipinski definition) is 7. The van der Waals surface area contributed by atoms with Crippen molar-refractivity contribution in [1.29, 1.82) is 5.41 Å². The van der Waals surface area contributed by atoms with E-state index >= 15 is 0 Å². The summed E-state index contributed by atoms with van der Waals surface area (Å²) in [6.07, 6.45) is -2.51. The second kappa shape index (κ2) is 7.93. The first-order valence-corrected chi connectivity index (χ1v) is 9.89. The molecular weight excluding hydrogens is 378 g/mol. The third-order valence-electron chi connectivity index (χ3n) is 4.09. The topological polar surface area (TPSA) is 144 Å². The average Bonchev–Trinajstić information content (AvgIpc) is 2.66. The van der Waals surface area contributed by atoms with E-state index in [1.54, 1.807) is 18.2 Å². The summed E-state index contributed by atoms with van der Waals surface area (Å²) in [6.45, 7) is 1.84. The fraction of sp³-hybridized carbons (Fsp3) is 0.158. The lowest BCUT2D eigenvalue weighted by molar-refractivity contribution is 0.248. The molecule has 6 N–H and O–H groups in total. The Hall–Kier alpha value is -3.01. The quantitative estimate of drug-likeness (QED) is 0.206. The minimum absolute atomic E-state index is 0.0413. The molecule has 0 bridgehead atoms. The maximum absolute atomic E-state index is 12.5. The zero-order valence-electron chi connectivity index (χ0n) is 15.2. The maximum Gasteiger partial charge on any atom is 0.297 e. The van der Waals surface area contributed by atoms with Crippen LogP contribution in [0.1, 0.15) is 5.56 Å². The molecule has 0 radical (unpaired) electrons. The van der Waals surface area contributed by atoms with Crippen LogP contribution in [-0.4, -0.2) is 31.5 Å². The molecule has 0 aliphatic heterocycles. The highest BCUT2D eigenvalue weighted by atomic mass is 32.2. The molecule has 0 saturated carbocycles. The lowest BCUT2D eigenvalue weighted by atomic mass is 10.2. The molecule has 8 nitrogen and oxygen atoms in total. The summed E-state index contributed by atoms with van der Waals surface area (Å²) in [4.78, 5) is 4.37. The first kappa shape index (κ1) is 19.7. The Bertz CT molecular complexity index is 1100. The number of amidine groups is 1. The number of para-hydroxylation sites is 1. The standard InChI is InChI=1S/C19H21N5O3S/c1-12-6-9-14(10-7-12)28(25,26)27-17(18(20)21)19(22)24-16-11-8-13-4-2-3-5-15(13)23-16/h2-11,17,19H,22H2,1H3,(H3,20,21)(H,23,24). The molecule has 0 amide bonds. The van der Waals surface area contributed by atoms with E-state index in [-0.39, 0.29) is 4.90 Å². The Balaban J connectivity index is 1.80. The summed E-state index contributed by atoms with van der Waals surface area (Å²) < 4.78 is 30.2. The van der Waals surface area contributed by atoms with Gasteiger partial charge in [-0.1, -0.05) is 35.9 Å². The zero-order valence-corrected chi connectivity index (χ0v) is 16.0. The number of anilines is 1. The van der Waals surface area contributed by atoms with Crippen molar-refractivity contribution in [2.24, 2.45) is 11.5 Å². The number of pyridine rings is 1. The van der Waals surface area contributed by atoms with Gasteiger partial charge < -0.3 is 16.8 Å². The van der Waals surface area contributed by atoms with Gasteiger partial charge in [-0.3, -0.25) is 9.59 Å². The van der Waals surface area contributed by atoms with Crippen LogP contribution in [-0.2, 0) is 14.3 Å². The summed E-state index contributed by atoms with van der Waals surface area (Å²) in [7, 11) is -4.15. The van der Waals surface area contributed by atoms with E-state index in [1.165, 1.54) is 12.1 Å². The largest absolute Gasteiger partial charge is 0.385 e. The Labute approximate surface area is 163 Å².